The fourth-order valence-electron chi connectivity index (χ4n) is 0.717. The third-order valence-electron chi connectivity index (χ3n) is 1.24. The topological polar surface area (TPSA) is 9.23 Å². The summed E-state index contributed by atoms with van der Waals surface area (Å²) in [6.07, 6.45) is 0. The van der Waals surface area contributed by atoms with Gasteiger partial charge < -0.3 is 4.74 Å². The molecular formula is C7H6Cl2OS. The molecule has 0 spiro atoms. The Bertz CT molecular complexity index is 275. The van der Waals surface area contributed by atoms with E-state index in [0.29, 0.717) is 20.7 Å². The highest BCUT2D eigenvalue weighted by Gasteiger charge is 2.07. The molecule has 0 aliphatic rings. The van der Waals surface area contributed by atoms with Gasteiger partial charge in [-0.25, -0.2) is 0 Å². The second-order valence-electron chi connectivity index (χ2n) is 1.91. The molecule has 0 saturated heterocycles. The minimum Gasteiger partial charge on any atom is -0.494 e. The lowest BCUT2D eigenvalue weighted by Crippen LogP contribution is -1.86. The Morgan fingerprint density at radius 2 is 1.82 bits per heavy atom. The van der Waals surface area contributed by atoms with Crippen LogP contribution in [0, 0.1) is 0 Å². The molecule has 1 aromatic carbocycles. The molecule has 0 amide bonds. The largest absolute Gasteiger partial charge is 0.494 e. The van der Waals surface area contributed by atoms with Gasteiger partial charge in [0.1, 0.15) is 0 Å². The van der Waals surface area contributed by atoms with Crippen LogP contribution in [0.5, 0.6) is 5.75 Å². The van der Waals surface area contributed by atoms with Crippen molar-refractivity contribution in [2.24, 2.45) is 0 Å². The van der Waals surface area contributed by atoms with Crippen molar-refractivity contribution in [2.45, 2.75) is 4.90 Å². The van der Waals surface area contributed by atoms with E-state index >= 15 is 0 Å². The van der Waals surface area contributed by atoms with Gasteiger partial charge in [0.15, 0.2) is 5.75 Å². The summed E-state index contributed by atoms with van der Waals surface area (Å²) in [4.78, 5) is 0.571. The van der Waals surface area contributed by atoms with E-state index in [9.17, 15) is 0 Å². The lowest BCUT2D eigenvalue weighted by atomic mass is 10.3. The van der Waals surface area contributed by atoms with Crippen molar-refractivity contribution in [3.63, 3.8) is 0 Å². The number of methoxy groups -OCH3 is 1. The van der Waals surface area contributed by atoms with Gasteiger partial charge in [0, 0.05) is 0 Å². The molecule has 1 aromatic rings. The molecule has 0 atom stereocenters. The molecule has 0 N–H and O–H groups in total. The maximum atomic E-state index is 5.77. The standard InChI is InChI=1S/C7H6Cl2OS/c1-10-6-4(8)2-3-5(9)7(6)11/h2-3,11H,1H3. The van der Waals surface area contributed by atoms with Crippen LogP contribution >= 0.6 is 35.8 Å². The van der Waals surface area contributed by atoms with Gasteiger partial charge in [0.25, 0.3) is 0 Å². The zero-order chi connectivity index (χ0) is 8.43. The summed E-state index contributed by atoms with van der Waals surface area (Å²) < 4.78 is 4.96. The Morgan fingerprint density at radius 1 is 1.27 bits per heavy atom. The molecule has 0 aromatic heterocycles. The minimum absolute atomic E-state index is 0.516. The number of halogens is 2. The van der Waals surface area contributed by atoms with Crippen molar-refractivity contribution >= 4 is 35.8 Å². The highest BCUT2D eigenvalue weighted by Crippen LogP contribution is 2.35. The number of hydrogen-bond donors (Lipinski definition) is 1. The second kappa shape index (κ2) is 3.57. The van der Waals surface area contributed by atoms with Gasteiger partial charge in [-0.3, -0.25) is 0 Å². The summed E-state index contributed by atoms with van der Waals surface area (Å²) in [7, 11) is 1.53. The van der Waals surface area contributed by atoms with Crippen molar-refractivity contribution in [3.05, 3.63) is 22.2 Å². The van der Waals surface area contributed by atoms with E-state index in [1.165, 1.54) is 7.11 Å². The van der Waals surface area contributed by atoms with Crippen LogP contribution in [-0.2, 0) is 0 Å². The number of benzene rings is 1. The Hall–Kier alpha value is -0.0500. The summed E-state index contributed by atoms with van der Waals surface area (Å²) in [6, 6.07) is 3.34. The van der Waals surface area contributed by atoms with Crippen LogP contribution in [0.25, 0.3) is 0 Å². The van der Waals surface area contributed by atoms with Crippen molar-refractivity contribution < 1.29 is 4.74 Å². The Labute approximate surface area is 80.7 Å². The van der Waals surface area contributed by atoms with E-state index in [1.807, 2.05) is 0 Å². The Morgan fingerprint density at radius 3 is 2.27 bits per heavy atom. The average Bonchev–Trinajstić information content (AvgIpc) is 1.99. The molecule has 0 aliphatic heterocycles. The average molecular weight is 209 g/mol. The van der Waals surface area contributed by atoms with Gasteiger partial charge in [0.05, 0.1) is 22.1 Å². The van der Waals surface area contributed by atoms with E-state index < -0.39 is 0 Å². The van der Waals surface area contributed by atoms with Gasteiger partial charge in [0.2, 0.25) is 0 Å². The van der Waals surface area contributed by atoms with E-state index in [4.69, 9.17) is 27.9 Å². The summed E-state index contributed by atoms with van der Waals surface area (Å²) in [6.45, 7) is 0. The first-order valence-corrected chi connectivity index (χ1v) is 4.08. The van der Waals surface area contributed by atoms with E-state index in [-0.39, 0.29) is 0 Å². The third-order valence-corrected chi connectivity index (χ3v) is 2.43. The van der Waals surface area contributed by atoms with Crippen LogP contribution in [0.1, 0.15) is 0 Å². The van der Waals surface area contributed by atoms with Gasteiger partial charge >= 0.3 is 0 Å². The molecule has 0 fully saturated rings. The summed E-state index contributed by atoms with van der Waals surface area (Å²) in [5.41, 5.74) is 0. The van der Waals surface area contributed by atoms with Gasteiger partial charge in [-0.15, -0.1) is 12.6 Å². The van der Waals surface area contributed by atoms with Crippen molar-refractivity contribution in [2.75, 3.05) is 7.11 Å². The second-order valence-corrected chi connectivity index (χ2v) is 3.17. The quantitative estimate of drug-likeness (QED) is 0.698. The predicted molar refractivity (Wildman–Crippen MR) is 50.3 cm³/mol. The SMILES string of the molecule is COc1c(Cl)ccc(Cl)c1S. The Kier molecular flexibility index (Phi) is 2.93. The van der Waals surface area contributed by atoms with E-state index in [0.717, 1.165) is 0 Å². The summed E-state index contributed by atoms with van der Waals surface area (Å²) in [5, 5.41) is 1.05. The first kappa shape index (κ1) is 9.04. The van der Waals surface area contributed by atoms with Crippen LogP contribution in [0.4, 0.5) is 0 Å². The fourth-order valence-corrected chi connectivity index (χ4v) is 1.45. The summed E-state index contributed by atoms with van der Waals surface area (Å²) >= 11 is 15.6. The molecule has 0 radical (unpaired) electrons. The number of ether oxygens (including phenoxy) is 1. The zero-order valence-corrected chi connectivity index (χ0v) is 8.17. The van der Waals surface area contributed by atoms with Crippen LogP contribution in [0.2, 0.25) is 10.0 Å². The monoisotopic (exact) mass is 208 g/mol. The Balaban J connectivity index is 3.29. The number of hydrogen-bond acceptors (Lipinski definition) is 2. The normalized spacial score (nSPS) is 9.82. The van der Waals surface area contributed by atoms with E-state index in [1.54, 1.807) is 12.1 Å². The lowest BCUT2D eigenvalue weighted by molar-refractivity contribution is 0.405. The molecule has 0 saturated carbocycles. The number of thiol groups is 1. The number of rotatable bonds is 1. The van der Waals surface area contributed by atoms with Crippen LogP contribution in [-0.4, -0.2) is 7.11 Å². The predicted octanol–water partition coefficient (Wildman–Crippen LogP) is 3.29. The molecule has 0 heterocycles. The smallest absolute Gasteiger partial charge is 0.152 e. The first-order valence-electron chi connectivity index (χ1n) is 2.87. The fraction of sp³-hybridized carbons (Fsp3) is 0.143. The van der Waals surface area contributed by atoms with Gasteiger partial charge in [-0.2, -0.15) is 0 Å². The highest BCUT2D eigenvalue weighted by molar-refractivity contribution is 7.80. The van der Waals surface area contributed by atoms with Crippen molar-refractivity contribution in [1.82, 2.24) is 0 Å². The van der Waals surface area contributed by atoms with Gasteiger partial charge in [-0.05, 0) is 12.1 Å². The maximum Gasteiger partial charge on any atom is 0.152 e. The molecule has 11 heavy (non-hydrogen) atoms. The molecule has 4 heteroatoms. The van der Waals surface area contributed by atoms with Crippen molar-refractivity contribution in [3.8, 4) is 5.75 Å². The van der Waals surface area contributed by atoms with E-state index in [2.05, 4.69) is 12.6 Å². The van der Waals surface area contributed by atoms with Crippen LogP contribution < -0.4 is 4.74 Å². The van der Waals surface area contributed by atoms with Crippen molar-refractivity contribution in [1.29, 1.82) is 0 Å². The first-order chi connectivity index (χ1) is 5.16. The zero-order valence-electron chi connectivity index (χ0n) is 5.77. The lowest BCUT2D eigenvalue weighted by Gasteiger charge is -2.06. The van der Waals surface area contributed by atoms with Crippen LogP contribution in [0.15, 0.2) is 17.0 Å². The van der Waals surface area contributed by atoms with Gasteiger partial charge in [-0.1, -0.05) is 23.2 Å². The summed E-state index contributed by atoms with van der Waals surface area (Å²) in [5.74, 6) is 0.516. The molecular weight excluding hydrogens is 203 g/mol. The molecule has 1 rings (SSSR count). The molecule has 60 valence electrons. The highest BCUT2D eigenvalue weighted by atomic mass is 35.5. The minimum atomic E-state index is 0.516. The molecule has 0 unspecified atom stereocenters. The maximum absolute atomic E-state index is 5.77. The molecule has 1 nitrogen and oxygen atoms in total. The molecule has 0 bridgehead atoms. The van der Waals surface area contributed by atoms with Crippen LogP contribution in [0.3, 0.4) is 0 Å². The third kappa shape index (κ3) is 1.75. The molecule has 0 aliphatic carbocycles.